The van der Waals surface area contributed by atoms with Gasteiger partial charge in [-0.25, -0.2) is 0 Å². The third-order valence-corrected chi connectivity index (χ3v) is 3.13. The largest absolute Gasteiger partial charge is 0.377 e. The fourth-order valence-corrected chi connectivity index (χ4v) is 2.11. The van der Waals surface area contributed by atoms with Gasteiger partial charge in [0.15, 0.2) is 0 Å². The molecule has 0 aromatic heterocycles. The van der Waals surface area contributed by atoms with Crippen LogP contribution in [0.25, 0.3) is 0 Å². The summed E-state index contributed by atoms with van der Waals surface area (Å²) in [6.45, 7) is 4.41. The van der Waals surface area contributed by atoms with Crippen LogP contribution in [0.2, 0.25) is 0 Å². The summed E-state index contributed by atoms with van der Waals surface area (Å²) >= 11 is 0. The van der Waals surface area contributed by atoms with Gasteiger partial charge >= 0.3 is 0 Å². The van der Waals surface area contributed by atoms with Crippen LogP contribution in [0, 0.1) is 0 Å². The van der Waals surface area contributed by atoms with Crippen molar-refractivity contribution in [2.45, 2.75) is 32.3 Å². The van der Waals surface area contributed by atoms with Gasteiger partial charge in [0, 0.05) is 19.7 Å². The van der Waals surface area contributed by atoms with Crippen molar-refractivity contribution in [2.75, 3.05) is 26.3 Å². The molecule has 1 aliphatic rings. The second kappa shape index (κ2) is 8.25. The first-order valence-electron chi connectivity index (χ1n) is 6.95. The molecular formula is C15H23NO2. The van der Waals surface area contributed by atoms with Crippen molar-refractivity contribution in [3.8, 4) is 0 Å². The summed E-state index contributed by atoms with van der Waals surface area (Å²) in [6.07, 6.45) is 4.85. The van der Waals surface area contributed by atoms with E-state index >= 15 is 0 Å². The maximum absolute atomic E-state index is 5.69. The van der Waals surface area contributed by atoms with E-state index in [0.717, 1.165) is 32.7 Å². The molecule has 0 amide bonds. The molecule has 1 saturated heterocycles. The highest BCUT2D eigenvalue weighted by Crippen LogP contribution is 2.09. The fraction of sp³-hybridized carbons (Fsp3) is 0.600. The van der Waals surface area contributed by atoms with Crippen LogP contribution < -0.4 is 0 Å². The van der Waals surface area contributed by atoms with E-state index in [9.17, 15) is 0 Å². The van der Waals surface area contributed by atoms with Crippen molar-refractivity contribution in [1.29, 1.82) is 0 Å². The van der Waals surface area contributed by atoms with Crippen molar-refractivity contribution < 1.29 is 9.57 Å². The summed E-state index contributed by atoms with van der Waals surface area (Å²) in [4.78, 5) is 5.69. The molecule has 0 atom stereocenters. The molecule has 3 heteroatoms. The van der Waals surface area contributed by atoms with Gasteiger partial charge in [0.2, 0.25) is 0 Å². The lowest BCUT2D eigenvalue weighted by Crippen LogP contribution is -2.30. The van der Waals surface area contributed by atoms with Gasteiger partial charge in [-0.1, -0.05) is 36.8 Å². The number of ether oxygens (including phenoxy) is 1. The van der Waals surface area contributed by atoms with Crippen LogP contribution in [0.15, 0.2) is 30.3 Å². The average Bonchev–Trinajstić information content (AvgIpc) is 2.45. The number of rotatable bonds is 7. The Morgan fingerprint density at radius 2 is 1.72 bits per heavy atom. The van der Waals surface area contributed by atoms with Crippen molar-refractivity contribution in [3.05, 3.63) is 35.9 Å². The molecule has 0 saturated carbocycles. The lowest BCUT2D eigenvalue weighted by molar-refractivity contribution is -0.171. The van der Waals surface area contributed by atoms with Gasteiger partial charge in [-0.15, -0.1) is 0 Å². The zero-order chi connectivity index (χ0) is 12.5. The third kappa shape index (κ3) is 5.17. The SMILES string of the molecule is c1ccc(COCCCON2CCCCC2)cc1. The molecule has 1 heterocycles. The number of piperidine rings is 1. The minimum absolute atomic E-state index is 0.699. The van der Waals surface area contributed by atoms with E-state index in [0.29, 0.717) is 6.61 Å². The first-order chi connectivity index (χ1) is 8.95. The maximum atomic E-state index is 5.69. The standard InChI is InChI=1S/C15H23NO2/c1-3-8-15(9-4-1)14-17-12-7-13-18-16-10-5-2-6-11-16/h1,3-4,8-9H,2,5-7,10-14H2. The Kier molecular flexibility index (Phi) is 6.20. The van der Waals surface area contributed by atoms with E-state index in [2.05, 4.69) is 17.2 Å². The molecule has 0 N–H and O–H groups in total. The van der Waals surface area contributed by atoms with Crippen LogP contribution in [0.1, 0.15) is 31.2 Å². The van der Waals surface area contributed by atoms with Crippen LogP contribution in [0.3, 0.4) is 0 Å². The van der Waals surface area contributed by atoms with Crippen molar-refractivity contribution in [2.24, 2.45) is 0 Å². The smallest absolute Gasteiger partial charge is 0.0716 e. The van der Waals surface area contributed by atoms with Crippen LogP contribution in [-0.2, 0) is 16.2 Å². The molecule has 18 heavy (non-hydrogen) atoms. The summed E-state index contributed by atoms with van der Waals surface area (Å²) in [6, 6.07) is 10.3. The second-order valence-corrected chi connectivity index (χ2v) is 4.71. The minimum Gasteiger partial charge on any atom is -0.377 e. The summed E-state index contributed by atoms with van der Waals surface area (Å²) < 4.78 is 5.61. The van der Waals surface area contributed by atoms with Crippen molar-refractivity contribution in [1.82, 2.24) is 5.06 Å². The molecule has 1 aromatic rings. The monoisotopic (exact) mass is 249 g/mol. The number of hydroxylamine groups is 2. The molecule has 0 bridgehead atoms. The molecule has 1 fully saturated rings. The highest BCUT2D eigenvalue weighted by atomic mass is 16.7. The first kappa shape index (κ1) is 13.5. The highest BCUT2D eigenvalue weighted by molar-refractivity contribution is 5.13. The van der Waals surface area contributed by atoms with Crippen molar-refractivity contribution >= 4 is 0 Å². The Hall–Kier alpha value is -0.900. The van der Waals surface area contributed by atoms with E-state index < -0.39 is 0 Å². The quantitative estimate of drug-likeness (QED) is 0.693. The fourth-order valence-electron chi connectivity index (χ4n) is 2.11. The lowest BCUT2D eigenvalue weighted by atomic mass is 10.2. The molecule has 0 unspecified atom stereocenters. The van der Waals surface area contributed by atoms with Crippen LogP contribution >= 0.6 is 0 Å². The number of benzene rings is 1. The van der Waals surface area contributed by atoms with E-state index in [1.165, 1.54) is 24.8 Å². The van der Waals surface area contributed by atoms with Gasteiger partial charge in [0.25, 0.3) is 0 Å². The highest BCUT2D eigenvalue weighted by Gasteiger charge is 2.09. The predicted molar refractivity (Wildman–Crippen MR) is 72.1 cm³/mol. The summed E-state index contributed by atoms with van der Waals surface area (Å²) in [5.74, 6) is 0. The Balaban J connectivity index is 1.46. The van der Waals surface area contributed by atoms with Crippen molar-refractivity contribution in [3.63, 3.8) is 0 Å². The van der Waals surface area contributed by atoms with Crippen LogP contribution in [-0.4, -0.2) is 31.4 Å². The molecule has 100 valence electrons. The van der Waals surface area contributed by atoms with E-state index in [1.54, 1.807) is 0 Å². The van der Waals surface area contributed by atoms with Gasteiger partial charge < -0.3 is 4.74 Å². The van der Waals surface area contributed by atoms with Gasteiger partial charge in [-0.05, 0) is 24.8 Å². The minimum atomic E-state index is 0.699. The normalized spacial score (nSPS) is 16.9. The van der Waals surface area contributed by atoms with Gasteiger partial charge in [0.05, 0.1) is 13.2 Å². The first-order valence-corrected chi connectivity index (χ1v) is 6.95. The van der Waals surface area contributed by atoms with Crippen LogP contribution in [0.4, 0.5) is 0 Å². The van der Waals surface area contributed by atoms with E-state index in [-0.39, 0.29) is 0 Å². The van der Waals surface area contributed by atoms with Crippen LogP contribution in [0.5, 0.6) is 0 Å². The molecule has 0 radical (unpaired) electrons. The topological polar surface area (TPSA) is 21.7 Å². The molecule has 1 aliphatic heterocycles. The molecule has 1 aromatic carbocycles. The number of nitrogens with zero attached hydrogens (tertiary/aromatic N) is 1. The Bertz CT molecular complexity index is 310. The third-order valence-electron chi connectivity index (χ3n) is 3.13. The number of hydrogen-bond donors (Lipinski definition) is 0. The Morgan fingerprint density at radius 3 is 2.50 bits per heavy atom. The van der Waals surface area contributed by atoms with Gasteiger partial charge in [-0.3, -0.25) is 4.84 Å². The van der Waals surface area contributed by atoms with E-state index in [1.807, 2.05) is 18.2 Å². The van der Waals surface area contributed by atoms with Gasteiger partial charge in [-0.2, -0.15) is 5.06 Å². The van der Waals surface area contributed by atoms with Gasteiger partial charge in [0.1, 0.15) is 0 Å². The predicted octanol–water partition coefficient (Wildman–Crippen LogP) is 3.01. The second-order valence-electron chi connectivity index (χ2n) is 4.71. The summed E-state index contributed by atoms with van der Waals surface area (Å²) in [5, 5.41) is 2.10. The molecule has 2 rings (SSSR count). The summed E-state index contributed by atoms with van der Waals surface area (Å²) in [5.41, 5.74) is 1.23. The molecule has 0 aliphatic carbocycles. The molecule has 0 spiro atoms. The number of hydrogen-bond acceptors (Lipinski definition) is 3. The average molecular weight is 249 g/mol. The van der Waals surface area contributed by atoms with E-state index in [4.69, 9.17) is 9.57 Å². The molecular weight excluding hydrogens is 226 g/mol. The molecule has 3 nitrogen and oxygen atoms in total. The Labute approximate surface area is 110 Å². The Morgan fingerprint density at radius 1 is 0.944 bits per heavy atom. The summed E-state index contributed by atoms with van der Waals surface area (Å²) in [7, 11) is 0. The lowest BCUT2D eigenvalue weighted by Gasteiger charge is -2.25. The zero-order valence-corrected chi connectivity index (χ0v) is 11.0. The zero-order valence-electron chi connectivity index (χ0n) is 11.0. The maximum Gasteiger partial charge on any atom is 0.0716 e.